The normalized spacial score (nSPS) is 11.8. The number of aliphatic hydroxyl groups is 1. The zero-order chi connectivity index (χ0) is 13.0. The molecule has 1 amide bonds. The summed E-state index contributed by atoms with van der Waals surface area (Å²) in [7, 11) is 0. The van der Waals surface area contributed by atoms with Crippen LogP contribution in [0, 0.1) is 0 Å². The largest absolute Gasteiger partial charge is 0.494 e. The second kappa shape index (κ2) is 5.12. The molecule has 0 aliphatic rings. The van der Waals surface area contributed by atoms with Crippen LogP contribution in [0.1, 0.15) is 10.4 Å². The number of carbonyl (C=O) groups excluding carboxylic acids is 1. The van der Waals surface area contributed by atoms with Crippen molar-refractivity contribution in [1.82, 2.24) is 10.3 Å². The van der Waals surface area contributed by atoms with E-state index in [0.29, 0.717) is 0 Å². The van der Waals surface area contributed by atoms with E-state index in [0.717, 1.165) is 12.1 Å². The Kier molecular flexibility index (Phi) is 3.83. The molecule has 8 nitrogen and oxygen atoms in total. The first-order valence-corrected chi connectivity index (χ1v) is 4.52. The van der Waals surface area contributed by atoms with Crippen molar-refractivity contribution in [2.75, 3.05) is 6.61 Å². The molecule has 0 aliphatic heterocycles. The molecule has 8 heteroatoms. The van der Waals surface area contributed by atoms with E-state index in [1.807, 2.05) is 10.3 Å². The summed E-state index contributed by atoms with van der Waals surface area (Å²) >= 11 is 0. The summed E-state index contributed by atoms with van der Waals surface area (Å²) in [4.78, 5) is 35.0. The molecular weight excluding hydrogens is 232 g/mol. The van der Waals surface area contributed by atoms with E-state index in [-0.39, 0.29) is 5.56 Å². The SMILES string of the molecule is O=C(NC(CO)C(=O)O)c1cc(O)[nH]c(=O)c1. The van der Waals surface area contributed by atoms with Crippen LogP contribution in [0.15, 0.2) is 16.9 Å². The fourth-order valence-corrected chi connectivity index (χ4v) is 1.09. The second-order valence-electron chi connectivity index (χ2n) is 3.17. The number of rotatable bonds is 4. The van der Waals surface area contributed by atoms with Gasteiger partial charge < -0.3 is 20.6 Å². The first-order valence-electron chi connectivity index (χ1n) is 4.52. The topological polar surface area (TPSA) is 140 Å². The fourth-order valence-electron chi connectivity index (χ4n) is 1.09. The number of carbonyl (C=O) groups is 2. The molecule has 0 aliphatic carbocycles. The van der Waals surface area contributed by atoms with Crippen LogP contribution >= 0.6 is 0 Å². The first kappa shape index (κ1) is 12.7. The Morgan fingerprint density at radius 1 is 1.41 bits per heavy atom. The number of carboxylic acid groups (broad SMARTS) is 1. The lowest BCUT2D eigenvalue weighted by Crippen LogP contribution is -2.43. The van der Waals surface area contributed by atoms with E-state index >= 15 is 0 Å². The minimum absolute atomic E-state index is 0.203. The van der Waals surface area contributed by atoms with Crippen molar-refractivity contribution in [2.45, 2.75) is 6.04 Å². The van der Waals surface area contributed by atoms with E-state index in [4.69, 9.17) is 15.3 Å². The molecular formula is C9H10N2O6. The van der Waals surface area contributed by atoms with Crippen LogP contribution in [0.25, 0.3) is 0 Å². The summed E-state index contributed by atoms with van der Waals surface area (Å²) in [6.07, 6.45) is 0. The van der Waals surface area contributed by atoms with Gasteiger partial charge in [-0.1, -0.05) is 0 Å². The van der Waals surface area contributed by atoms with Gasteiger partial charge in [0.05, 0.1) is 12.2 Å². The molecule has 0 aromatic carbocycles. The Bertz CT molecular complexity index is 495. The number of H-pyrrole nitrogens is 1. The highest BCUT2D eigenvalue weighted by Gasteiger charge is 2.20. The van der Waals surface area contributed by atoms with Crippen LogP contribution in [0.4, 0.5) is 0 Å². The van der Waals surface area contributed by atoms with E-state index < -0.39 is 36.0 Å². The molecule has 0 radical (unpaired) electrons. The van der Waals surface area contributed by atoms with Gasteiger partial charge in [0.2, 0.25) is 0 Å². The summed E-state index contributed by atoms with van der Waals surface area (Å²) < 4.78 is 0. The molecule has 0 saturated heterocycles. The van der Waals surface area contributed by atoms with Gasteiger partial charge in [0.15, 0.2) is 11.9 Å². The Morgan fingerprint density at radius 2 is 2.06 bits per heavy atom. The van der Waals surface area contributed by atoms with Gasteiger partial charge >= 0.3 is 5.97 Å². The average molecular weight is 242 g/mol. The monoisotopic (exact) mass is 242 g/mol. The minimum atomic E-state index is -1.47. The Balaban J connectivity index is 2.89. The van der Waals surface area contributed by atoms with Gasteiger partial charge in [-0.05, 0) is 0 Å². The van der Waals surface area contributed by atoms with Gasteiger partial charge in [0.25, 0.3) is 11.5 Å². The molecule has 5 N–H and O–H groups in total. The maximum atomic E-state index is 11.5. The van der Waals surface area contributed by atoms with Gasteiger partial charge in [-0.2, -0.15) is 0 Å². The Morgan fingerprint density at radius 3 is 2.53 bits per heavy atom. The number of pyridine rings is 1. The van der Waals surface area contributed by atoms with E-state index in [1.54, 1.807) is 0 Å². The molecule has 17 heavy (non-hydrogen) atoms. The standard InChI is InChI=1S/C9H10N2O6/c12-3-5(9(16)17)10-8(15)4-1-6(13)11-7(14)2-4/h1-2,5,12H,3H2,(H,10,15)(H,16,17)(H2,11,13,14). The first-order chi connectivity index (χ1) is 7.93. The van der Waals surface area contributed by atoms with Crippen molar-refractivity contribution in [3.63, 3.8) is 0 Å². The lowest BCUT2D eigenvalue weighted by atomic mass is 10.2. The number of carboxylic acids is 1. The zero-order valence-electron chi connectivity index (χ0n) is 8.51. The quantitative estimate of drug-likeness (QED) is 0.424. The highest BCUT2D eigenvalue weighted by atomic mass is 16.4. The molecule has 1 aromatic heterocycles. The summed E-state index contributed by atoms with van der Waals surface area (Å²) in [5.74, 6) is -2.80. The highest BCUT2D eigenvalue weighted by molar-refractivity contribution is 5.96. The molecule has 1 atom stereocenters. The molecule has 1 rings (SSSR count). The van der Waals surface area contributed by atoms with Gasteiger partial charge in [0, 0.05) is 12.1 Å². The molecule has 0 spiro atoms. The van der Waals surface area contributed by atoms with Crippen LogP contribution in [0.2, 0.25) is 0 Å². The third-order valence-corrected chi connectivity index (χ3v) is 1.88. The summed E-state index contributed by atoms with van der Waals surface area (Å²) in [5, 5.41) is 28.3. The Hall–Kier alpha value is -2.35. The van der Waals surface area contributed by atoms with E-state index in [1.165, 1.54) is 0 Å². The van der Waals surface area contributed by atoms with Gasteiger partial charge in [-0.3, -0.25) is 14.6 Å². The van der Waals surface area contributed by atoms with Crippen molar-refractivity contribution >= 4 is 11.9 Å². The molecule has 1 aromatic rings. The number of aliphatic hydroxyl groups excluding tert-OH is 1. The van der Waals surface area contributed by atoms with Gasteiger partial charge in [-0.15, -0.1) is 0 Å². The van der Waals surface area contributed by atoms with Crippen molar-refractivity contribution in [3.8, 4) is 5.88 Å². The van der Waals surface area contributed by atoms with Crippen molar-refractivity contribution in [3.05, 3.63) is 28.0 Å². The number of aromatic hydroxyl groups is 1. The lowest BCUT2D eigenvalue weighted by Gasteiger charge is -2.11. The van der Waals surface area contributed by atoms with E-state index in [9.17, 15) is 14.4 Å². The minimum Gasteiger partial charge on any atom is -0.494 e. The number of aliphatic carboxylic acids is 1. The van der Waals surface area contributed by atoms with Crippen molar-refractivity contribution < 1.29 is 24.9 Å². The molecule has 92 valence electrons. The molecule has 1 unspecified atom stereocenters. The smallest absolute Gasteiger partial charge is 0.328 e. The van der Waals surface area contributed by atoms with Gasteiger partial charge in [0.1, 0.15) is 0 Å². The molecule has 0 saturated carbocycles. The average Bonchev–Trinajstić information content (AvgIpc) is 2.23. The number of amides is 1. The van der Waals surface area contributed by atoms with Crippen LogP contribution in [0.5, 0.6) is 5.88 Å². The number of nitrogens with one attached hydrogen (secondary N) is 2. The molecule has 0 bridgehead atoms. The number of hydrogen-bond acceptors (Lipinski definition) is 5. The third-order valence-electron chi connectivity index (χ3n) is 1.88. The number of hydrogen-bond donors (Lipinski definition) is 5. The highest BCUT2D eigenvalue weighted by Crippen LogP contribution is 2.04. The summed E-state index contributed by atoms with van der Waals surface area (Å²) in [6, 6.07) is 0.391. The molecule has 0 fully saturated rings. The summed E-state index contributed by atoms with van der Waals surface area (Å²) in [5.41, 5.74) is -0.906. The van der Waals surface area contributed by atoms with Crippen LogP contribution in [-0.4, -0.2) is 44.8 Å². The summed E-state index contributed by atoms with van der Waals surface area (Å²) in [6.45, 7) is -0.782. The van der Waals surface area contributed by atoms with Crippen LogP contribution in [0.3, 0.4) is 0 Å². The van der Waals surface area contributed by atoms with Crippen LogP contribution in [-0.2, 0) is 4.79 Å². The van der Waals surface area contributed by atoms with E-state index in [2.05, 4.69) is 0 Å². The lowest BCUT2D eigenvalue weighted by molar-refractivity contribution is -0.140. The third kappa shape index (κ3) is 3.31. The number of aromatic nitrogens is 1. The molecule has 1 heterocycles. The number of aromatic amines is 1. The maximum Gasteiger partial charge on any atom is 0.328 e. The maximum absolute atomic E-state index is 11.5. The van der Waals surface area contributed by atoms with Crippen molar-refractivity contribution in [1.29, 1.82) is 0 Å². The van der Waals surface area contributed by atoms with Gasteiger partial charge in [-0.25, -0.2) is 4.79 Å². The Labute approximate surface area is 94.5 Å². The predicted octanol–water partition coefficient (Wildman–Crippen LogP) is -1.74. The fraction of sp³-hybridized carbons (Fsp3) is 0.222. The van der Waals surface area contributed by atoms with Crippen molar-refractivity contribution in [2.24, 2.45) is 0 Å². The zero-order valence-corrected chi connectivity index (χ0v) is 8.51. The van der Waals surface area contributed by atoms with Crippen LogP contribution < -0.4 is 10.9 Å². The second-order valence-corrected chi connectivity index (χ2v) is 3.17. The predicted molar refractivity (Wildman–Crippen MR) is 54.7 cm³/mol.